The van der Waals surface area contributed by atoms with Gasteiger partial charge in [-0.3, -0.25) is 4.90 Å². The Balaban J connectivity index is 1.73. The minimum Gasteiger partial charge on any atom is -0.444 e. The Bertz CT molecular complexity index is 466. The number of carbonyl (C=O) groups excluding carboxylic acids is 1. The highest BCUT2D eigenvalue weighted by molar-refractivity contribution is 5.67. The van der Waals surface area contributed by atoms with E-state index in [1.54, 1.807) is 0 Å². The molecule has 2 rings (SSSR count). The number of nitrogens with zero attached hydrogens (tertiary/aromatic N) is 1. The van der Waals surface area contributed by atoms with Crippen molar-refractivity contribution in [2.24, 2.45) is 0 Å². The van der Waals surface area contributed by atoms with Crippen LogP contribution >= 0.6 is 0 Å². The van der Waals surface area contributed by atoms with E-state index in [0.717, 1.165) is 26.1 Å². The van der Waals surface area contributed by atoms with E-state index in [1.165, 1.54) is 11.1 Å². The first kappa shape index (κ1) is 14.9. The van der Waals surface area contributed by atoms with Gasteiger partial charge in [-0.1, -0.05) is 24.3 Å². The molecule has 1 heterocycles. The number of amides is 1. The van der Waals surface area contributed by atoms with E-state index in [9.17, 15) is 4.79 Å². The summed E-state index contributed by atoms with van der Waals surface area (Å²) in [6, 6.07) is 8.56. The van der Waals surface area contributed by atoms with E-state index in [4.69, 9.17) is 4.74 Å². The van der Waals surface area contributed by atoms with E-state index in [2.05, 4.69) is 34.5 Å². The number of ether oxygens (including phenoxy) is 1. The van der Waals surface area contributed by atoms with Gasteiger partial charge in [0.2, 0.25) is 0 Å². The summed E-state index contributed by atoms with van der Waals surface area (Å²) in [6.07, 6.45) is 0.748. The normalized spacial score (nSPS) is 15.6. The van der Waals surface area contributed by atoms with Crippen molar-refractivity contribution in [3.8, 4) is 0 Å². The number of nitrogens with one attached hydrogen (secondary N) is 1. The number of hydrogen-bond donors (Lipinski definition) is 1. The summed E-state index contributed by atoms with van der Waals surface area (Å²) in [5.74, 6) is 0. The molecule has 1 aromatic rings. The summed E-state index contributed by atoms with van der Waals surface area (Å²) in [6.45, 7) is 9.10. The summed E-state index contributed by atoms with van der Waals surface area (Å²) in [7, 11) is 0. The number of alkyl carbamates (subject to hydrolysis) is 1. The van der Waals surface area contributed by atoms with Crippen molar-refractivity contribution < 1.29 is 9.53 Å². The van der Waals surface area contributed by atoms with Crippen molar-refractivity contribution in [2.75, 3.05) is 19.6 Å². The molecule has 0 radical (unpaired) electrons. The zero-order chi connectivity index (χ0) is 14.6. The predicted molar refractivity (Wildman–Crippen MR) is 79.7 cm³/mol. The quantitative estimate of drug-likeness (QED) is 0.922. The van der Waals surface area contributed by atoms with Crippen LogP contribution in [0.3, 0.4) is 0 Å². The summed E-state index contributed by atoms with van der Waals surface area (Å²) >= 11 is 0. The lowest BCUT2D eigenvalue weighted by Gasteiger charge is -2.28. The minimum atomic E-state index is -0.436. The van der Waals surface area contributed by atoms with Crippen LogP contribution in [-0.4, -0.2) is 36.2 Å². The minimum absolute atomic E-state index is 0.338. The van der Waals surface area contributed by atoms with Gasteiger partial charge in [0.05, 0.1) is 0 Å². The molecule has 1 aliphatic rings. The molecule has 0 saturated heterocycles. The van der Waals surface area contributed by atoms with Gasteiger partial charge in [0, 0.05) is 26.2 Å². The number of benzene rings is 1. The van der Waals surface area contributed by atoms with Crippen molar-refractivity contribution in [2.45, 2.75) is 39.3 Å². The lowest BCUT2D eigenvalue weighted by molar-refractivity contribution is 0.0521. The van der Waals surface area contributed by atoms with Gasteiger partial charge in [0.25, 0.3) is 0 Å². The van der Waals surface area contributed by atoms with Crippen molar-refractivity contribution >= 4 is 6.09 Å². The summed E-state index contributed by atoms with van der Waals surface area (Å²) in [4.78, 5) is 13.9. The van der Waals surface area contributed by atoms with Crippen LogP contribution in [0, 0.1) is 0 Å². The molecule has 0 aliphatic carbocycles. The van der Waals surface area contributed by atoms with Gasteiger partial charge in [-0.05, 0) is 38.3 Å². The van der Waals surface area contributed by atoms with Crippen LogP contribution in [0.25, 0.3) is 0 Å². The Kier molecular flexibility index (Phi) is 4.65. The maximum atomic E-state index is 11.5. The van der Waals surface area contributed by atoms with Crippen LogP contribution in [-0.2, 0) is 17.7 Å². The topological polar surface area (TPSA) is 41.6 Å². The van der Waals surface area contributed by atoms with E-state index in [-0.39, 0.29) is 6.09 Å². The predicted octanol–water partition coefficient (Wildman–Crippen LogP) is 2.57. The summed E-state index contributed by atoms with van der Waals surface area (Å²) in [5, 5.41) is 2.81. The van der Waals surface area contributed by atoms with Gasteiger partial charge >= 0.3 is 6.09 Å². The molecule has 0 saturated carbocycles. The van der Waals surface area contributed by atoms with Crippen LogP contribution in [0.15, 0.2) is 24.3 Å². The monoisotopic (exact) mass is 276 g/mol. The molecule has 110 valence electrons. The highest BCUT2D eigenvalue weighted by Gasteiger charge is 2.17. The number of hydrogen-bond acceptors (Lipinski definition) is 3. The van der Waals surface area contributed by atoms with Gasteiger partial charge in [-0.2, -0.15) is 0 Å². The molecule has 1 amide bonds. The third-order valence-electron chi connectivity index (χ3n) is 3.31. The van der Waals surface area contributed by atoms with E-state index in [0.29, 0.717) is 6.54 Å². The van der Waals surface area contributed by atoms with E-state index in [1.807, 2.05) is 20.8 Å². The number of carbonyl (C=O) groups is 1. The van der Waals surface area contributed by atoms with Gasteiger partial charge in [-0.25, -0.2) is 4.79 Å². The van der Waals surface area contributed by atoms with Crippen LogP contribution in [0.5, 0.6) is 0 Å². The van der Waals surface area contributed by atoms with E-state index >= 15 is 0 Å². The molecule has 1 aliphatic heterocycles. The summed E-state index contributed by atoms with van der Waals surface area (Å²) < 4.78 is 5.21. The SMILES string of the molecule is CC(C)(C)OC(=O)NCCN1CCc2ccccc2C1. The molecule has 0 atom stereocenters. The Morgan fingerprint density at radius 3 is 2.70 bits per heavy atom. The molecule has 0 aromatic heterocycles. The first-order valence-electron chi connectivity index (χ1n) is 7.20. The fraction of sp³-hybridized carbons (Fsp3) is 0.562. The smallest absolute Gasteiger partial charge is 0.407 e. The average Bonchev–Trinajstić information content (AvgIpc) is 2.36. The van der Waals surface area contributed by atoms with Gasteiger partial charge in [0.15, 0.2) is 0 Å². The molecule has 1 aromatic carbocycles. The third-order valence-corrected chi connectivity index (χ3v) is 3.31. The zero-order valence-electron chi connectivity index (χ0n) is 12.6. The maximum absolute atomic E-state index is 11.5. The second kappa shape index (κ2) is 6.27. The molecule has 1 N–H and O–H groups in total. The van der Waals surface area contributed by atoms with Crippen LogP contribution in [0.2, 0.25) is 0 Å². The fourth-order valence-electron chi connectivity index (χ4n) is 2.38. The first-order valence-corrected chi connectivity index (χ1v) is 7.20. The molecular weight excluding hydrogens is 252 g/mol. The van der Waals surface area contributed by atoms with Crippen LogP contribution in [0.1, 0.15) is 31.9 Å². The molecule has 0 fully saturated rings. The number of fused-ring (bicyclic) bond motifs is 1. The Morgan fingerprint density at radius 2 is 2.00 bits per heavy atom. The molecule has 0 bridgehead atoms. The molecule has 4 nitrogen and oxygen atoms in total. The van der Waals surface area contributed by atoms with Crippen molar-refractivity contribution in [3.05, 3.63) is 35.4 Å². The van der Waals surface area contributed by atoms with Gasteiger partial charge in [0.1, 0.15) is 5.60 Å². The largest absolute Gasteiger partial charge is 0.444 e. The Hall–Kier alpha value is -1.55. The van der Waals surface area contributed by atoms with E-state index < -0.39 is 5.60 Å². The lowest BCUT2D eigenvalue weighted by Crippen LogP contribution is -2.39. The van der Waals surface area contributed by atoms with Crippen LogP contribution in [0.4, 0.5) is 4.79 Å². The standard InChI is InChI=1S/C16H24N2O2/c1-16(2,3)20-15(19)17-9-11-18-10-8-13-6-4-5-7-14(13)12-18/h4-7H,8-12H2,1-3H3,(H,17,19). The second-order valence-corrected chi connectivity index (χ2v) is 6.22. The highest BCUT2D eigenvalue weighted by Crippen LogP contribution is 2.17. The molecule has 4 heteroatoms. The lowest BCUT2D eigenvalue weighted by atomic mass is 10.00. The number of rotatable bonds is 3. The van der Waals surface area contributed by atoms with Gasteiger partial charge < -0.3 is 10.1 Å². The maximum Gasteiger partial charge on any atom is 0.407 e. The van der Waals surface area contributed by atoms with Crippen molar-refractivity contribution in [1.29, 1.82) is 0 Å². The van der Waals surface area contributed by atoms with Crippen molar-refractivity contribution in [3.63, 3.8) is 0 Å². The molecule has 20 heavy (non-hydrogen) atoms. The fourth-order valence-corrected chi connectivity index (χ4v) is 2.38. The Labute approximate surface area is 121 Å². The third kappa shape index (κ3) is 4.53. The van der Waals surface area contributed by atoms with Crippen molar-refractivity contribution in [1.82, 2.24) is 10.2 Å². The first-order chi connectivity index (χ1) is 9.44. The second-order valence-electron chi connectivity index (χ2n) is 6.22. The summed E-state index contributed by atoms with van der Waals surface area (Å²) in [5.41, 5.74) is 2.41. The zero-order valence-corrected chi connectivity index (χ0v) is 12.6. The molecular formula is C16H24N2O2. The molecule has 0 unspecified atom stereocenters. The Morgan fingerprint density at radius 1 is 1.30 bits per heavy atom. The molecule has 0 spiro atoms. The van der Waals surface area contributed by atoms with Crippen LogP contribution < -0.4 is 5.32 Å². The highest BCUT2D eigenvalue weighted by atomic mass is 16.6. The van der Waals surface area contributed by atoms with Gasteiger partial charge in [-0.15, -0.1) is 0 Å². The average molecular weight is 276 g/mol.